The molecule has 16 heavy (non-hydrogen) atoms. The van der Waals surface area contributed by atoms with Crippen LogP contribution in [0.1, 0.15) is 38.2 Å². The number of aryl methyl sites for hydroxylation is 1. The Bertz CT molecular complexity index is 268. The van der Waals surface area contributed by atoms with Gasteiger partial charge in [0, 0.05) is 6.04 Å². The van der Waals surface area contributed by atoms with Crippen molar-refractivity contribution in [3.8, 4) is 0 Å². The predicted octanol–water partition coefficient (Wildman–Crippen LogP) is 3.78. The van der Waals surface area contributed by atoms with E-state index in [1.807, 2.05) is 18.2 Å². The Labute approximate surface area is 100 Å². The van der Waals surface area contributed by atoms with Gasteiger partial charge < -0.3 is 5.32 Å². The Morgan fingerprint density at radius 3 is 2.06 bits per heavy atom. The minimum absolute atomic E-state index is 0.804. The van der Waals surface area contributed by atoms with Gasteiger partial charge in [-0.2, -0.15) is 0 Å². The van der Waals surface area contributed by atoms with Crippen LogP contribution in [0, 0.1) is 12.8 Å². The molecule has 0 aromatic heterocycles. The largest absolute Gasteiger partial charge is 0.317 e. The predicted molar refractivity (Wildman–Crippen MR) is 71.7 cm³/mol. The summed E-state index contributed by atoms with van der Waals surface area (Å²) < 4.78 is 0. The summed E-state index contributed by atoms with van der Waals surface area (Å²) in [6.45, 7) is 4.43. The molecule has 1 fully saturated rings. The van der Waals surface area contributed by atoms with Crippen LogP contribution in [0.2, 0.25) is 0 Å². The molecule has 1 aromatic carbocycles. The van der Waals surface area contributed by atoms with E-state index in [2.05, 4.69) is 38.3 Å². The SMILES string of the molecule is CNC1CCCCC1C.Cc1ccccc1. The zero-order chi connectivity index (χ0) is 11.8. The second-order valence-electron chi connectivity index (χ2n) is 4.81. The number of nitrogens with one attached hydrogen (secondary N) is 1. The van der Waals surface area contributed by atoms with E-state index in [9.17, 15) is 0 Å². The van der Waals surface area contributed by atoms with Crippen molar-refractivity contribution in [3.63, 3.8) is 0 Å². The highest BCUT2D eigenvalue weighted by Crippen LogP contribution is 2.22. The minimum atomic E-state index is 0.804. The highest BCUT2D eigenvalue weighted by atomic mass is 14.9. The fraction of sp³-hybridized carbons (Fsp3) is 0.600. The van der Waals surface area contributed by atoms with Crippen molar-refractivity contribution >= 4 is 0 Å². The van der Waals surface area contributed by atoms with Crippen molar-refractivity contribution in [1.29, 1.82) is 0 Å². The second kappa shape index (κ2) is 7.45. The molecule has 2 unspecified atom stereocenters. The van der Waals surface area contributed by atoms with Gasteiger partial charge >= 0.3 is 0 Å². The van der Waals surface area contributed by atoms with E-state index >= 15 is 0 Å². The summed E-state index contributed by atoms with van der Waals surface area (Å²) in [5.74, 6) is 0.906. The maximum Gasteiger partial charge on any atom is 0.00896 e. The molecule has 0 bridgehead atoms. The summed E-state index contributed by atoms with van der Waals surface area (Å²) in [6, 6.07) is 11.1. The second-order valence-corrected chi connectivity index (χ2v) is 4.81. The van der Waals surface area contributed by atoms with Gasteiger partial charge in [0.05, 0.1) is 0 Å². The summed E-state index contributed by atoms with van der Waals surface area (Å²) >= 11 is 0. The molecule has 0 saturated heterocycles. The van der Waals surface area contributed by atoms with E-state index in [0.717, 1.165) is 12.0 Å². The number of benzene rings is 1. The molecule has 2 atom stereocenters. The van der Waals surface area contributed by atoms with Crippen molar-refractivity contribution in [2.24, 2.45) is 5.92 Å². The zero-order valence-electron chi connectivity index (χ0n) is 10.9. The molecule has 1 heteroatoms. The third kappa shape index (κ3) is 4.80. The number of hydrogen-bond donors (Lipinski definition) is 1. The Hall–Kier alpha value is -0.820. The average Bonchev–Trinajstić information content (AvgIpc) is 2.31. The van der Waals surface area contributed by atoms with Gasteiger partial charge in [-0.1, -0.05) is 55.7 Å². The van der Waals surface area contributed by atoms with Crippen LogP contribution in [0.15, 0.2) is 30.3 Å². The van der Waals surface area contributed by atoms with Crippen LogP contribution in [0.5, 0.6) is 0 Å². The third-order valence-corrected chi connectivity index (χ3v) is 3.42. The Morgan fingerprint density at radius 1 is 1.06 bits per heavy atom. The molecule has 1 N–H and O–H groups in total. The van der Waals surface area contributed by atoms with Crippen LogP contribution in [-0.4, -0.2) is 13.1 Å². The standard InChI is InChI=1S/C8H17N.C7H8/c1-7-5-3-4-6-8(7)9-2;1-7-5-3-2-4-6-7/h7-9H,3-6H2,1-2H3;2-6H,1H3. The molecule has 0 aliphatic heterocycles. The molecular formula is C15H25N. The van der Waals surface area contributed by atoms with Crippen LogP contribution >= 0.6 is 0 Å². The number of rotatable bonds is 1. The zero-order valence-corrected chi connectivity index (χ0v) is 10.9. The van der Waals surface area contributed by atoms with Crippen molar-refractivity contribution in [2.45, 2.75) is 45.6 Å². The van der Waals surface area contributed by atoms with E-state index < -0.39 is 0 Å². The molecular weight excluding hydrogens is 194 g/mol. The molecule has 1 aliphatic carbocycles. The van der Waals surface area contributed by atoms with Gasteiger partial charge in [-0.15, -0.1) is 0 Å². The van der Waals surface area contributed by atoms with Crippen LogP contribution in [0.3, 0.4) is 0 Å². The van der Waals surface area contributed by atoms with Crippen LogP contribution in [-0.2, 0) is 0 Å². The molecule has 1 aliphatic rings. The summed E-state index contributed by atoms with van der Waals surface area (Å²) in [5.41, 5.74) is 1.32. The Morgan fingerprint density at radius 2 is 1.69 bits per heavy atom. The van der Waals surface area contributed by atoms with Gasteiger partial charge in [-0.25, -0.2) is 0 Å². The maximum atomic E-state index is 3.35. The lowest BCUT2D eigenvalue weighted by atomic mass is 9.86. The van der Waals surface area contributed by atoms with E-state index in [-0.39, 0.29) is 0 Å². The van der Waals surface area contributed by atoms with Crippen molar-refractivity contribution in [1.82, 2.24) is 5.32 Å². The molecule has 0 amide bonds. The Kier molecular flexibility index (Phi) is 6.17. The van der Waals surface area contributed by atoms with Gasteiger partial charge in [0.25, 0.3) is 0 Å². The van der Waals surface area contributed by atoms with Gasteiger partial charge in [0.15, 0.2) is 0 Å². The van der Waals surface area contributed by atoms with E-state index in [4.69, 9.17) is 0 Å². The van der Waals surface area contributed by atoms with E-state index in [1.165, 1.54) is 31.2 Å². The summed E-state index contributed by atoms with van der Waals surface area (Å²) in [5, 5.41) is 3.35. The first-order valence-corrected chi connectivity index (χ1v) is 6.43. The van der Waals surface area contributed by atoms with Crippen molar-refractivity contribution in [2.75, 3.05) is 7.05 Å². The lowest BCUT2D eigenvalue weighted by Gasteiger charge is -2.27. The summed E-state index contributed by atoms with van der Waals surface area (Å²) in [7, 11) is 2.08. The maximum absolute atomic E-state index is 3.35. The molecule has 90 valence electrons. The van der Waals surface area contributed by atoms with Gasteiger partial charge in [0.1, 0.15) is 0 Å². The minimum Gasteiger partial charge on any atom is -0.317 e. The summed E-state index contributed by atoms with van der Waals surface area (Å²) in [6.07, 6.45) is 5.68. The molecule has 2 rings (SSSR count). The quantitative estimate of drug-likeness (QED) is 0.758. The summed E-state index contributed by atoms with van der Waals surface area (Å²) in [4.78, 5) is 0. The molecule has 0 heterocycles. The first-order valence-electron chi connectivity index (χ1n) is 6.43. The van der Waals surface area contributed by atoms with Crippen LogP contribution in [0.4, 0.5) is 0 Å². The van der Waals surface area contributed by atoms with Gasteiger partial charge in [-0.3, -0.25) is 0 Å². The van der Waals surface area contributed by atoms with Crippen LogP contribution < -0.4 is 5.32 Å². The Balaban J connectivity index is 0.000000165. The fourth-order valence-corrected chi connectivity index (χ4v) is 2.28. The van der Waals surface area contributed by atoms with Crippen molar-refractivity contribution < 1.29 is 0 Å². The first-order chi connectivity index (χ1) is 7.74. The fourth-order valence-electron chi connectivity index (χ4n) is 2.28. The lowest BCUT2D eigenvalue weighted by molar-refractivity contribution is 0.294. The molecule has 1 aromatic rings. The lowest BCUT2D eigenvalue weighted by Crippen LogP contribution is -2.34. The normalized spacial score (nSPS) is 24.4. The molecule has 1 saturated carbocycles. The molecule has 0 spiro atoms. The topological polar surface area (TPSA) is 12.0 Å². The van der Waals surface area contributed by atoms with Gasteiger partial charge in [0.2, 0.25) is 0 Å². The van der Waals surface area contributed by atoms with E-state index in [0.29, 0.717) is 0 Å². The van der Waals surface area contributed by atoms with Gasteiger partial charge in [-0.05, 0) is 32.7 Å². The first kappa shape index (κ1) is 13.2. The van der Waals surface area contributed by atoms with Crippen molar-refractivity contribution in [3.05, 3.63) is 35.9 Å². The molecule has 1 nitrogen and oxygen atoms in total. The number of hydrogen-bond acceptors (Lipinski definition) is 1. The third-order valence-electron chi connectivity index (χ3n) is 3.42. The monoisotopic (exact) mass is 219 g/mol. The van der Waals surface area contributed by atoms with E-state index in [1.54, 1.807) is 0 Å². The van der Waals surface area contributed by atoms with Crippen LogP contribution in [0.25, 0.3) is 0 Å². The molecule has 0 radical (unpaired) electrons. The average molecular weight is 219 g/mol. The highest BCUT2D eigenvalue weighted by molar-refractivity contribution is 5.11. The highest BCUT2D eigenvalue weighted by Gasteiger charge is 2.18. The smallest absolute Gasteiger partial charge is 0.00896 e.